The van der Waals surface area contributed by atoms with Gasteiger partial charge in [0.2, 0.25) is 5.91 Å². The molecule has 0 saturated carbocycles. The van der Waals surface area contributed by atoms with Crippen LogP contribution in [0.5, 0.6) is 0 Å². The number of piperidine rings is 1. The van der Waals surface area contributed by atoms with Crippen molar-refractivity contribution in [3.8, 4) is 0 Å². The van der Waals surface area contributed by atoms with Gasteiger partial charge in [-0.2, -0.15) is 5.10 Å². The van der Waals surface area contributed by atoms with Crippen molar-refractivity contribution in [2.45, 2.75) is 38.6 Å². The molecule has 1 aliphatic heterocycles. The number of likely N-dealkylation sites (tertiary alicyclic amines) is 1. The molecular weight excluding hydrogens is 314 g/mol. The smallest absolute Gasteiger partial charge is 0.224 e. The monoisotopic (exact) mass is 337 g/mol. The Bertz CT molecular complexity index is 848. The van der Waals surface area contributed by atoms with E-state index < -0.39 is 0 Å². The maximum absolute atomic E-state index is 12.6. The van der Waals surface area contributed by atoms with Gasteiger partial charge in [-0.1, -0.05) is 0 Å². The van der Waals surface area contributed by atoms with Crippen LogP contribution in [0.4, 0.5) is 0 Å². The predicted molar refractivity (Wildman–Crippen MR) is 96.2 cm³/mol. The lowest BCUT2D eigenvalue weighted by atomic mass is 9.94. The maximum atomic E-state index is 12.6. The summed E-state index contributed by atoms with van der Waals surface area (Å²) in [6.07, 6.45) is 6.38. The molecule has 1 fully saturated rings. The van der Waals surface area contributed by atoms with E-state index in [1.165, 1.54) is 5.69 Å². The second kappa shape index (κ2) is 6.70. The van der Waals surface area contributed by atoms with Crippen LogP contribution in [0.15, 0.2) is 36.7 Å². The second-order valence-electron chi connectivity index (χ2n) is 6.82. The molecule has 4 heterocycles. The van der Waals surface area contributed by atoms with Gasteiger partial charge in [-0.25, -0.2) is 4.98 Å². The van der Waals surface area contributed by atoms with E-state index >= 15 is 0 Å². The summed E-state index contributed by atoms with van der Waals surface area (Å²) in [6.45, 7) is 4.24. The number of carbonyl (C=O) groups excluding carboxylic acids is 1. The average molecular weight is 337 g/mol. The van der Waals surface area contributed by atoms with Crippen molar-refractivity contribution in [1.82, 2.24) is 24.6 Å². The molecule has 0 radical (unpaired) electrons. The molecule has 6 heteroatoms. The number of nitrogens with one attached hydrogen (secondary N) is 1. The van der Waals surface area contributed by atoms with Crippen LogP contribution in [0.25, 0.3) is 11.0 Å². The summed E-state index contributed by atoms with van der Waals surface area (Å²) in [4.78, 5) is 22.4. The Hall–Kier alpha value is -2.63. The number of aromatic amines is 1. The molecule has 0 aromatic carbocycles. The summed E-state index contributed by atoms with van der Waals surface area (Å²) in [6, 6.07) is 8.16. The number of nitrogens with zero attached hydrogens (tertiary/aromatic N) is 4. The number of hydrogen-bond acceptors (Lipinski definition) is 3. The largest absolute Gasteiger partial charge is 0.343 e. The van der Waals surface area contributed by atoms with Crippen LogP contribution in [0.2, 0.25) is 0 Å². The molecule has 0 spiro atoms. The minimum absolute atomic E-state index is 0.215. The quantitative estimate of drug-likeness (QED) is 0.796. The lowest BCUT2D eigenvalue weighted by molar-refractivity contribution is -0.132. The lowest BCUT2D eigenvalue weighted by Crippen LogP contribution is -2.39. The van der Waals surface area contributed by atoms with E-state index in [-0.39, 0.29) is 5.91 Å². The van der Waals surface area contributed by atoms with Crippen LogP contribution in [-0.2, 0) is 11.3 Å². The molecule has 130 valence electrons. The van der Waals surface area contributed by atoms with E-state index in [2.05, 4.69) is 27.2 Å². The molecule has 1 saturated heterocycles. The Balaban J connectivity index is 1.40. The van der Waals surface area contributed by atoms with Crippen molar-refractivity contribution in [3.63, 3.8) is 0 Å². The van der Waals surface area contributed by atoms with Gasteiger partial charge in [0.05, 0.1) is 5.69 Å². The van der Waals surface area contributed by atoms with Crippen molar-refractivity contribution in [1.29, 1.82) is 0 Å². The van der Waals surface area contributed by atoms with E-state index in [4.69, 9.17) is 0 Å². The topological polar surface area (TPSA) is 66.8 Å². The third-order valence-electron chi connectivity index (χ3n) is 4.96. The Kier molecular flexibility index (Phi) is 4.26. The number of hydrogen-bond donors (Lipinski definition) is 1. The lowest BCUT2D eigenvalue weighted by Gasteiger charge is -2.32. The minimum Gasteiger partial charge on any atom is -0.343 e. The molecule has 6 nitrogen and oxygen atoms in total. The summed E-state index contributed by atoms with van der Waals surface area (Å²) in [5.74, 6) is 0.575. The van der Waals surface area contributed by atoms with Gasteiger partial charge >= 0.3 is 0 Å². The summed E-state index contributed by atoms with van der Waals surface area (Å²) in [5, 5.41) is 5.48. The zero-order valence-electron chi connectivity index (χ0n) is 14.5. The summed E-state index contributed by atoms with van der Waals surface area (Å²) in [5.41, 5.74) is 3.10. The van der Waals surface area contributed by atoms with Crippen LogP contribution in [0.1, 0.15) is 36.6 Å². The minimum atomic E-state index is 0.215. The van der Waals surface area contributed by atoms with Crippen LogP contribution in [0, 0.1) is 6.92 Å². The number of amides is 1. The standard InChI is InChI=1S/C19H23N5O/c1-14-6-10-24(22-14)11-7-18(25)23-9-3-5-16(13-23)17-12-15-4-2-8-20-19(15)21-17/h2,4,6,8,10,12,16H,3,5,7,9,11,13H2,1H3,(H,20,21)/t16-/m1/s1. The SMILES string of the molecule is Cc1ccn(CCC(=O)N2CCC[C@@H](c3cc4cccnc4[nH]3)C2)n1. The van der Waals surface area contributed by atoms with Gasteiger partial charge in [0.15, 0.2) is 0 Å². The molecular formula is C19H23N5O. The number of aromatic nitrogens is 4. The molecule has 4 rings (SSSR count). The number of rotatable bonds is 4. The van der Waals surface area contributed by atoms with E-state index in [9.17, 15) is 4.79 Å². The number of pyridine rings is 1. The summed E-state index contributed by atoms with van der Waals surface area (Å²) >= 11 is 0. The van der Waals surface area contributed by atoms with Crippen LogP contribution < -0.4 is 0 Å². The van der Waals surface area contributed by atoms with E-state index in [1.807, 2.05) is 34.8 Å². The van der Waals surface area contributed by atoms with E-state index in [0.717, 1.165) is 42.7 Å². The maximum Gasteiger partial charge on any atom is 0.224 e. The fraction of sp³-hybridized carbons (Fsp3) is 0.421. The highest BCUT2D eigenvalue weighted by atomic mass is 16.2. The molecule has 0 unspecified atom stereocenters. The highest BCUT2D eigenvalue weighted by Crippen LogP contribution is 2.28. The Morgan fingerprint density at radius 3 is 3.12 bits per heavy atom. The Labute approximate surface area is 146 Å². The first-order valence-electron chi connectivity index (χ1n) is 8.90. The fourth-order valence-electron chi connectivity index (χ4n) is 3.61. The molecule has 25 heavy (non-hydrogen) atoms. The third-order valence-corrected chi connectivity index (χ3v) is 4.96. The summed E-state index contributed by atoms with van der Waals surface area (Å²) < 4.78 is 1.85. The predicted octanol–water partition coefficient (Wildman–Crippen LogP) is 2.86. The third kappa shape index (κ3) is 3.43. The molecule has 3 aromatic heterocycles. The zero-order valence-corrected chi connectivity index (χ0v) is 14.5. The number of fused-ring (bicyclic) bond motifs is 1. The number of carbonyl (C=O) groups is 1. The van der Waals surface area contributed by atoms with Crippen LogP contribution in [-0.4, -0.2) is 43.6 Å². The first-order valence-corrected chi connectivity index (χ1v) is 8.90. The van der Waals surface area contributed by atoms with Crippen LogP contribution in [0.3, 0.4) is 0 Å². The van der Waals surface area contributed by atoms with Gasteiger partial charge in [-0.3, -0.25) is 9.48 Å². The van der Waals surface area contributed by atoms with Gasteiger partial charge in [-0.05, 0) is 44.0 Å². The van der Waals surface area contributed by atoms with Crippen LogP contribution >= 0.6 is 0 Å². The highest BCUT2D eigenvalue weighted by molar-refractivity contribution is 5.77. The van der Waals surface area contributed by atoms with Gasteiger partial charge in [0.25, 0.3) is 0 Å². The van der Waals surface area contributed by atoms with Gasteiger partial charge in [-0.15, -0.1) is 0 Å². The first kappa shape index (κ1) is 15.9. The number of aryl methyl sites for hydroxylation is 2. The normalized spacial score (nSPS) is 18.0. The molecule has 1 aliphatic rings. The Morgan fingerprint density at radius 2 is 2.32 bits per heavy atom. The first-order chi connectivity index (χ1) is 12.2. The van der Waals surface area contributed by atoms with Crippen molar-refractivity contribution in [3.05, 3.63) is 48.0 Å². The molecule has 1 atom stereocenters. The Morgan fingerprint density at radius 1 is 1.40 bits per heavy atom. The molecule has 0 bridgehead atoms. The fourth-order valence-corrected chi connectivity index (χ4v) is 3.61. The molecule has 1 amide bonds. The average Bonchev–Trinajstić information content (AvgIpc) is 3.25. The second-order valence-corrected chi connectivity index (χ2v) is 6.82. The summed E-state index contributed by atoms with van der Waals surface area (Å²) in [7, 11) is 0. The van der Waals surface area contributed by atoms with Gasteiger partial charge in [0.1, 0.15) is 5.65 Å². The van der Waals surface area contributed by atoms with Crippen molar-refractivity contribution in [2.24, 2.45) is 0 Å². The van der Waals surface area contributed by atoms with Gasteiger partial charge < -0.3 is 9.88 Å². The van der Waals surface area contributed by atoms with E-state index in [1.54, 1.807) is 6.20 Å². The molecule has 3 aromatic rings. The number of H-pyrrole nitrogens is 1. The van der Waals surface area contributed by atoms with Crippen molar-refractivity contribution < 1.29 is 4.79 Å². The molecule has 0 aliphatic carbocycles. The molecule has 1 N–H and O–H groups in total. The van der Waals surface area contributed by atoms with E-state index in [0.29, 0.717) is 18.9 Å². The van der Waals surface area contributed by atoms with Crippen molar-refractivity contribution >= 4 is 16.9 Å². The highest BCUT2D eigenvalue weighted by Gasteiger charge is 2.25. The zero-order chi connectivity index (χ0) is 17.2. The van der Waals surface area contributed by atoms with Gasteiger partial charge in [0, 0.05) is 55.4 Å². The van der Waals surface area contributed by atoms with Crippen molar-refractivity contribution in [2.75, 3.05) is 13.1 Å².